The van der Waals surface area contributed by atoms with E-state index in [1.54, 1.807) is 4.90 Å². The third-order valence-electron chi connectivity index (χ3n) is 5.82. The fourth-order valence-corrected chi connectivity index (χ4v) is 4.14. The maximum atomic E-state index is 12.9. The number of fused-ring (bicyclic) bond motifs is 2. The zero-order valence-corrected chi connectivity index (χ0v) is 15.4. The number of nitrogens with zero attached hydrogens (tertiary/aromatic N) is 1. The number of rotatable bonds is 1. The van der Waals surface area contributed by atoms with Gasteiger partial charge in [0.25, 0.3) is 0 Å². The maximum Gasteiger partial charge on any atom is 0.332 e. The molecule has 0 aromatic heterocycles. The summed E-state index contributed by atoms with van der Waals surface area (Å²) in [6.07, 6.45) is 10.5. The van der Waals surface area contributed by atoms with E-state index in [9.17, 15) is 14.4 Å². The largest absolute Gasteiger partial charge is 0.467 e. The minimum Gasteiger partial charge on any atom is -0.467 e. The van der Waals surface area contributed by atoms with E-state index in [2.05, 4.69) is 11.4 Å². The molecule has 3 rings (SSSR count). The molecule has 7 nitrogen and oxygen atoms in total. The van der Waals surface area contributed by atoms with Crippen LogP contribution < -0.4 is 11.1 Å². The van der Waals surface area contributed by atoms with E-state index in [0.29, 0.717) is 25.8 Å². The van der Waals surface area contributed by atoms with E-state index >= 15 is 0 Å². The molecule has 7 heteroatoms. The van der Waals surface area contributed by atoms with E-state index in [-0.39, 0.29) is 17.7 Å². The van der Waals surface area contributed by atoms with Gasteiger partial charge in [0.15, 0.2) is 0 Å². The van der Waals surface area contributed by atoms with E-state index < -0.39 is 23.6 Å². The van der Waals surface area contributed by atoms with Crippen LogP contribution in [0.3, 0.4) is 0 Å². The van der Waals surface area contributed by atoms with Crippen LogP contribution in [0.15, 0.2) is 12.2 Å². The van der Waals surface area contributed by atoms with Crippen molar-refractivity contribution in [3.8, 4) is 0 Å². The predicted octanol–water partition coefficient (Wildman–Crippen LogP) is 0.873. The summed E-state index contributed by atoms with van der Waals surface area (Å²) in [5, 5.41) is 2.90. The molecule has 1 saturated heterocycles. The number of esters is 1. The van der Waals surface area contributed by atoms with Gasteiger partial charge < -0.3 is 20.7 Å². The first-order valence-electron chi connectivity index (χ1n) is 9.63. The lowest BCUT2D eigenvalue weighted by Gasteiger charge is -2.28. The van der Waals surface area contributed by atoms with Crippen LogP contribution in [0.25, 0.3) is 0 Å². The Hall–Kier alpha value is -1.89. The maximum absolute atomic E-state index is 12.9. The highest BCUT2D eigenvalue weighted by atomic mass is 16.5. The smallest absolute Gasteiger partial charge is 0.332 e. The van der Waals surface area contributed by atoms with Crippen LogP contribution in [0, 0.1) is 5.92 Å². The van der Waals surface area contributed by atoms with Crippen molar-refractivity contribution in [2.45, 2.75) is 69.0 Å². The molecule has 0 aromatic rings. The minimum absolute atomic E-state index is 0.0446. The van der Waals surface area contributed by atoms with Gasteiger partial charge in [0, 0.05) is 12.5 Å². The van der Waals surface area contributed by atoms with Crippen molar-refractivity contribution >= 4 is 17.8 Å². The number of hydrogen-bond donors (Lipinski definition) is 2. The molecule has 2 amide bonds. The predicted molar refractivity (Wildman–Crippen MR) is 95.9 cm³/mol. The molecule has 4 atom stereocenters. The van der Waals surface area contributed by atoms with Gasteiger partial charge in [-0.2, -0.15) is 0 Å². The highest BCUT2D eigenvalue weighted by Gasteiger charge is 2.61. The van der Waals surface area contributed by atoms with Crippen LogP contribution in [-0.2, 0) is 19.1 Å². The van der Waals surface area contributed by atoms with Crippen LogP contribution in [0.5, 0.6) is 0 Å². The van der Waals surface area contributed by atoms with Crippen LogP contribution in [0.4, 0.5) is 0 Å². The first-order valence-corrected chi connectivity index (χ1v) is 9.63. The topological polar surface area (TPSA) is 102 Å². The highest BCUT2D eigenvalue weighted by Crippen LogP contribution is 2.46. The number of nitrogens with one attached hydrogen (secondary N) is 1. The number of allylic oxidation sites excluding steroid dienone is 1. The first kappa shape index (κ1) is 18.9. The van der Waals surface area contributed by atoms with E-state index in [0.717, 1.165) is 32.1 Å². The van der Waals surface area contributed by atoms with Gasteiger partial charge in [-0.25, -0.2) is 4.79 Å². The molecule has 2 aliphatic heterocycles. The summed E-state index contributed by atoms with van der Waals surface area (Å²) in [5.74, 6) is -0.899. The molecule has 0 bridgehead atoms. The Morgan fingerprint density at radius 2 is 2.08 bits per heavy atom. The molecule has 144 valence electrons. The molecule has 0 radical (unpaired) electrons. The number of carbonyl (C=O) groups is 3. The Morgan fingerprint density at radius 1 is 1.27 bits per heavy atom. The van der Waals surface area contributed by atoms with Crippen molar-refractivity contribution in [3.05, 3.63) is 12.2 Å². The molecule has 0 aromatic carbocycles. The second kappa shape index (κ2) is 7.78. The quantitative estimate of drug-likeness (QED) is 0.532. The third kappa shape index (κ3) is 3.63. The summed E-state index contributed by atoms with van der Waals surface area (Å²) < 4.78 is 4.93. The Bertz CT molecular complexity index is 606. The lowest BCUT2D eigenvalue weighted by atomic mass is 10.1. The van der Waals surface area contributed by atoms with Crippen molar-refractivity contribution in [2.75, 3.05) is 13.7 Å². The fraction of sp³-hybridized carbons (Fsp3) is 0.737. The van der Waals surface area contributed by atoms with Crippen molar-refractivity contribution in [1.82, 2.24) is 10.2 Å². The van der Waals surface area contributed by atoms with Crippen molar-refractivity contribution in [2.24, 2.45) is 11.7 Å². The van der Waals surface area contributed by atoms with Gasteiger partial charge in [-0.05, 0) is 38.5 Å². The van der Waals surface area contributed by atoms with Gasteiger partial charge >= 0.3 is 5.97 Å². The molecular formula is C19H29N3O4. The van der Waals surface area contributed by atoms with Gasteiger partial charge in [-0.1, -0.05) is 25.0 Å². The number of nitrogens with two attached hydrogens (primary N) is 1. The van der Waals surface area contributed by atoms with Gasteiger partial charge in [0.2, 0.25) is 11.8 Å². The molecule has 2 heterocycles. The first-order chi connectivity index (χ1) is 12.5. The summed E-state index contributed by atoms with van der Waals surface area (Å²) in [6, 6.07) is -1.11. The summed E-state index contributed by atoms with van der Waals surface area (Å²) in [4.78, 5) is 39.5. The molecule has 26 heavy (non-hydrogen) atoms. The van der Waals surface area contributed by atoms with Gasteiger partial charge in [0.1, 0.15) is 11.6 Å². The van der Waals surface area contributed by atoms with Crippen molar-refractivity contribution in [3.63, 3.8) is 0 Å². The zero-order valence-electron chi connectivity index (χ0n) is 15.4. The molecule has 0 spiro atoms. The van der Waals surface area contributed by atoms with E-state index in [1.165, 1.54) is 7.11 Å². The van der Waals surface area contributed by atoms with Crippen LogP contribution in [0.1, 0.15) is 51.4 Å². The lowest BCUT2D eigenvalue weighted by molar-refractivity contribution is -0.148. The molecule has 3 N–H and O–H groups in total. The average Bonchev–Trinajstić information content (AvgIpc) is 3.10. The SMILES string of the molecule is COC(=O)[C@@]12C[C@H]1/C=C\CCCCC[C@H](N)C(=O)N1CCC[C@H]1C(=O)N2. The Morgan fingerprint density at radius 3 is 2.85 bits per heavy atom. The van der Waals surface area contributed by atoms with Crippen molar-refractivity contribution < 1.29 is 19.1 Å². The van der Waals surface area contributed by atoms with Gasteiger partial charge in [-0.3, -0.25) is 9.59 Å². The van der Waals surface area contributed by atoms with Gasteiger partial charge in [-0.15, -0.1) is 0 Å². The number of carbonyl (C=O) groups excluding carboxylic acids is 3. The normalized spacial score (nSPS) is 36.8. The van der Waals surface area contributed by atoms with Crippen LogP contribution >= 0.6 is 0 Å². The second-order valence-electron chi connectivity index (χ2n) is 7.63. The second-order valence-corrected chi connectivity index (χ2v) is 7.63. The fourth-order valence-electron chi connectivity index (χ4n) is 4.14. The Kier molecular flexibility index (Phi) is 5.65. The van der Waals surface area contributed by atoms with Crippen molar-refractivity contribution in [1.29, 1.82) is 0 Å². The van der Waals surface area contributed by atoms with E-state index in [1.807, 2.05) is 6.08 Å². The molecule has 3 aliphatic rings. The standard InChI is InChI=1S/C19H29N3O4/c1-26-18(25)19-12-13(19)8-5-3-2-4-6-9-14(20)17(24)22-11-7-10-15(22)16(23)21-19/h5,8,13-15H,2-4,6-7,9-12,20H2,1H3,(H,21,23)/b8-5-/t13-,14+,15+,19-/m1/s1. The molecule has 2 fully saturated rings. The zero-order chi connectivity index (χ0) is 18.7. The molecular weight excluding hydrogens is 334 g/mol. The molecule has 1 saturated carbocycles. The summed E-state index contributed by atoms with van der Waals surface area (Å²) in [5.41, 5.74) is 5.10. The summed E-state index contributed by atoms with van der Waals surface area (Å²) in [6.45, 7) is 0.541. The highest BCUT2D eigenvalue weighted by molar-refractivity contribution is 5.96. The number of hydrogen-bond acceptors (Lipinski definition) is 5. The summed E-state index contributed by atoms with van der Waals surface area (Å²) >= 11 is 0. The number of ether oxygens (including phenoxy) is 1. The van der Waals surface area contributed by atoms with Gasteiger partial charge in [0.05, 0.1) is 13.2 Å². The lowest BCUT2D eigenvalue weighted by Crippen LogP contribution is -2.55. The third-order valence-corrected chi connectivity index (χ3v) is 5.82. The van der Waals surface area contributed by atoms with Crippen LogP contribution in [-0.4, -0.2) is 54.0 Å². The van der Waals surface area contributed by atoms with Crippen LogP contribution in [0.2, 0.25) is 0 Å². The monoisotopic (exact) mass is 363 g/mol. The average molecular weight is 363 g/mol. The number of amides is 2. The number of methoxy groups -OCH3 is 1. The minimum atomic E-state index is -0.984. The van der Waals surface area contributed by atoms with E-state index in [4.69, 9.17) is 10.5 Å². The Balaban J connectivity index is 1.81. The molecule has 0 unspecified atom stereocenters. The molecule has 1 aliphatic carbocycles. The summed E-state index contributed by atoms with van der Waals surface area (Å²) in [7, 11) is 1.34. The Labute approximate surface area is 154 Å².